The lowest BCUT2D eigenvalue weighted by Crippen LogP contribution is -2.35. The van der Waals surface area contributed by atoms with Gasteiger partial charge >= 0.3 is 7.75 Å². The van der Waals surface area contributed by atoms with Crippen LogP contribution in [-0.4, -0.2) is 44.2 Å². The molecule has 0 N–H and O–H groups in total. The Hall–Kier alpha value is 0.0700. The second-order valence-corrected chi connectivity index (χ2v) is 7.84. The first-order chi connectivity index (χ1) is 10.7. The number of morpholine rings is 1. The van der Waals surface area contributed by atoms with Crippen molar-refractivity contribution in [3.05, 3.63) is 0 Å². The van der Waals surface area contributed by atoms with E-state index in [2.05, 4.69) is 13.8 Å². The van der Waals surface area contributed by atoms with Gasteiger partial charge in [0.25, 0.3) is 0 Å². The first-order valence-electron chi connectivity index (χ1n) is 8.95. The molecule has 1 rings (SSSR count). The van der Waals surface area contributed by atoms with Gasteiger partial charge < -0.3 is 4.74 Å². The second-order valence-electron chi connectivity index (χ2n) is 5.82. The highest BCUT2D eigenvalue weighted by molar-refractivity contribution is 7.51. The van der Waals surface area contributed by atoms with Gasteiger partial charge in [-0.25, -0.2) is 9.24 Å². The van der Waals surface area contributed by atoms with E-state index in [9.17, 15) is 4.57 Å². The molecule has 0 amide bonds. The summed E-state index contributed by atoms with van der Waals surface area (Å²) in [6.45, 7) is 7.85. The van der Waals surface area contributed by atoms with Crippen LogP contribution in [-0.2, 0) is 18.3 Å². The van der Waals surface area contributed by atoms with Crippen LogP contribution in [0.2, 0.25) is 0 Å². The summed E-state index contributed by atoms with van der Waals surface area (Å²) in [5.74, 6) is 0. The molecule has 1 heterocycles. The predicted molar refractivity (Wildman–Crippen MR) is 90.2 cm³/mol. The van der Waals surface area contributed by atoms with E-state index in [1.54, 1.807) is 0 Å². The van der Waals surface area contributed by atoms with Gasteiger partial charge in [0.05, 0.1) is 26.4 Å². The molecular weight excluding hydrogens is 301 g/mol. The van der Waals surface area contributed by atoms with Crippen molar-refractivity contribution in [1.29, 1.82) is 0 Å². The van der Waals surface area contributed by atoms with Crippen LogP contribution in [0.3, 0.4) is 0 Å². The lowest BCUT2D eigenvalue weighted by molar-refractivity contribution is 0.0490. The lowest BCUT2D eigenvalue weighted by Gasteiger charge is -2.32. The summed E-state index contributed by atoms with van der Waals surface area (Å²) in [5.41, 5.74) is 0. The van der Waals surface area contributed by atoms with Crippen LogP contribution in [0.5, 0.6) is 0 Å². The fourth-order valence-electron chi connectivity index (χ4n) is 2.42. The summed E-state index contributed by atoms with van der Waals surface area (Å²) < 4.78 is 31.7. The SMILES string of the molecule is CCCCCCOP(=O)(OCCCCCC)N1CCOCC1. The number of ether oxygens (including phenoxy) is 1. The van der Waals surface area contributed by atoms with E-state index in [-0.39, 0.29) is 0 Å². The Morgan fingerprint density at radius 1 is 0.864 bits per heavy atom. The highest BCUT2D eigenvalue weighted by Crippen LogP contribution is 2.52. The molecule has 0 aliphatic carbocycles. The molecule has 132 valence electrons. The van der Waals surface area contributed by atoms with Crippen molar-refractivity contribution in [2.24, 2.45) is 0 Å². The zero-order valence-corrected chi connectivity index (χ0v) is 15.3. The number of hydrogen-bond donors (Lipinski definition) is 0. The summed E-state index contributed by atoms with van der Waals surface area (Å²) in [4.78, 5) is 0. The predicted octanol–water partition coefficient (Wildman–Crippen LogP) is 4.62. The van der Waals surface area contributed by atoms with Gasteiger partial charge in [-0.2, -0.15) is 0 Å². The molecule has 0 aromatic rings. The van der Waals surface area contributed by atoms with Gasteiger partial charge in [0.2, 0.25) is 0 Å². The molecule has 1 aliphatic heterocycles. The molecule has 6 heteroatoms. The summed E-state index contributed by atoms with van der Waals surface area (Å²) in [6.07, 6.45) is 8.91. The van der Waals surface area contributed by atoms with Gasteiger partial charge in [-0.15, -0.1) is 0 Å². The van der Waals surface area contributed by atoms with E-state index < -0.39 is 7.75 Å². The minimum Gasteiger partial charge on any atom is -0.379 e. The summed E-state index contributed by atoms with van der Waals surface area (Å²) in [5, 5.41) is 0. The molecule has 0 spiro atoms. The topological polar surface area (TPSA) is 48.0 Å². The molecule has 0 atom stereocenters. The van der Waals surface area contributed by atoms with Gasteiger partial charge in [0, 0.05) is 13.1 Å². The van der Waals surface area contributed by atoms with Crippen molar-refractivity contribution >= 4 is 7.75 Å². The largest absolute Gasteiger partial charge is 0.408 e. The highest BCUT2D eigenvalue weighted by atomic mass is 31.2. The van der Waals surface area contributed by atoms with Crippen LogP contribution in [0.15, 0.2) is 0 Å². The number of unbranched alkanes of at least 4 members (excludes halogenated alkanes) is 6. The number of nitrogens with zero attached hydrogens (tertiary/aromatic N) is 1. The second kappa shape index (κ2) is 12.5. The summed E-state index contributed by atoms with van der Waals surface area (Å²) in [6, 6.07) is 0. The minimum atomic E-state index is -3.14. The Labute approximate surface area is 136 Å². The van der Waals surface area contributed by atoms with Gasteiger partial charge in [0.1, 0.15) is 0 Å². The van der Waals surface area contributed by atoms with E-state index in [0.29, 0.717) is 39.5 Å². The molecule has 0 unspecified atom stereocenters. The first kappa shape index (κ1) is 20.1. The number of rotatable bonds is 13. The zero-order chi connectivity index (χ0) is 16.1. The molecule has 1 saturated heterocycles. The number of hydrogen-bond acceptors (Lipinski definition) is 4. The van der Waals surface area contributed by atoms with Gasteiger partial charge in [-0.3, -0.25) is 9.05 Å². The van der Waals surface area contributed by atoms with Crippen molar-refractivity contribution in [3.63, 3.8) is 0 Å². The van der Waals surface area contributed by atoms with Crippen molar-refractivity contribution < 1.29 is 18.3 Å². The van der Waals surface area contributed by atoms with Gasteiger partial charge in [-0.05, 0) is 12.8 Å². The molecule has 0 bridgehead atoms. The maximum Gasteiger partial charge on any atom is 0.408 e. The molecule has 0 aromatic heterocycles. The van der Waals surface area contributed by atoms with Crippen LogP contribution in [0.4, 0.5) is 0 Å². The monoisotopic (exact) mass is 335 g/mol. The molecule has 0 radical (unpaired) electrons. The Kier molecular flexibility index (Phi) is 11.4. The Morgan fingerprint density at radius 2 is 1.36 bits per heavy atom. The molecule has 5 nitrogen and oxygen atoms in total. The fraction of sp³-hybridized carbons (Fsp3) is 1.00. The summed E-state index contributed by atoms with van der Waals surface area (Å²) in [7, 11) is -3.14. The van der Waals surface area contributed by atoms with E-state index in [4.69, 9.17) is 13.8 Å². The Balaban J connectivity index is 2.39. The van der Waals surface area contributed by atoms with Crippen molar-refractivity contribution in [3.8, 4) is 0 Å². The van der Waals surface area contributed by atoms with Crippen molar-refractivity contribution in [1.82, 2.24) is 4.67 Å². The smallest absolute Gasteiger partial charge is 0.379 e. The van der Waals surface area contributed by atoms with E-state index in [1.807, 2.05) is 4.67 Å². The van der Waals surface area contributed by atoms with Gasteiger partial charge in [-0.1, -0.05) is 52.4 Å². The quantitative estimate of drug-likeness (QED) is 0.363. The average molecular weight is 335 g/mol. The molecule has 1 fully saturated rings. The standard InChI is InChI=1S/C16H34NO4P/c1-3-5-7-9-13-20-22(18,17-11-15-19-16-12-17)21-14-10-8-6-4-2/h3-16H2,1-2H3. The minimum absolute atomic E-state index is 0.517. The average Bonchev–Trinajstić information content (AvgIpc) is 2.55. The lowest BCUT2D eigenvalue weighted by atomic mass is 10.2. The third kappa shape index (κ3) is 8.07. The normalized spacial score (nSPS) is 17.0. The van der Waals surface area contributed by atoms with E-state index in [1.165, 1.54) is 25.7 Å². The van der Waals surface area contributed by atoms with Crippen LogP contribution in [0.25, 0.3) is 0 Å². The molecule has 22 heavy (non-hydrogen) atoms. The molecule has 0 saturated carbocycles. The van der Waals surface area contributed by atoms with Crippen molar-refractivity contribution in [2.75, 3.05) is 39.5 Å². The Morgan fingerprint density at radius 3 is 1.82 bits per heavy atom. The van der Waals surface area contributed by atoms with Crippen LogP contribution >= 0.6 is 7.75 Å². The molecule has 0 aromatic carbocycles. The maximum atomic E-state index is 13.1. The van der Waals surface area contributed by atoms with E-state index >= 15 is 0 Å². The third-order valence-electron chi connectivity index (χ3n) is 3.84. The van der Waals surface area contributed by atoms with Gasteiger partial charge in [0.15, 0.2) is 0 Å². The summed E-state index contributed by atoms with van der Waals surface area (Å²) >= 11 is 0. The van der Waals surface area contributed by atoms with Crippen LogP contribution in [0.1, 0.15) is 65.2 Å². The van der Waals surface area contributed by atoms with Crippen LogP contribution < -0.4 is 0 Å². The fourth-order valence-corrected chi connectivity index (χ4v) is 4.19. The zero-order valence-electron chi connectivity index (χ0n) is 14.4. The van der Waals surface area contributed by atoms with E-state index in [0.717, 1.165) is 25.7 Å². The maximum absolute atomic E-state index is 13.1. The molecule has 1 aliphatic rings. The van der Waals surface area contributed by atoms with Crippen LogP contribution in [0, 0.1) is 0 Å². The first-order valence-corrected chi connectivity index (χ1v) is 10.4. The highest BCUT2D eigenvalue weighted by Gasteiger charge is 2.34. The van der Waals surface area contributed by atoms with Crippen molar-refractivity contribution in [2.45, 2.75) is 65.2 Å². The molecular formula is C16H34NO4P. The Bertz CT molecular complexity index is 291. The third-order valence-corrected chi connectivity index (χ3v) is 5.95.